The van der Waals surface area contributed by atoms with Gasteiger partial charge in [-0.3, -0.25) is 4.79 Å². The summed E-state index contributed by atoms with van der Waals surface area (Å²) in [7, 11) is 1.46. The number of fused-ring (bicyclic) bond motifs is 1. The average molecular weight is 492 g/mol. The van der Waals surface area contributed by atoms with Gasteiger partial charge < -0.3 is 14.2 Å². The van der Waals surface area contributed by atoms with Crippen molar-refractivity contribution >= 4 is 33.9 Å². The molecule has 0 aliphatic heterocycles. The minimum absolute atomic E-state index is 0.208. The normalized spacial score (nSPS) is 11.7. The summed E-state index contributed by atoms with van der Waals surface area (Å²) >= 11 is 1.42. The molecule has 0 fully saturated rings. The lowest BCUT2D eigenvalue weighted by Gasteiger charge is -2.19. The summed E-state index contributed by atoms with van der Waals surface area (Å²) in [6.07, 6.45) is 2.07. The van der Waals surface area contributed by atoms with Crippen LogP contribution in [0.1, 0.15) is 31.9 Å². The summed E-state index contributed by atoms with van der Waals surface area (Å²) in [5, 5.41) is 6.76. The molecule has 0 bridgehead atoms. The molecule has 0 atom stereocenters. The monoisotopic (exact) mass is 491 g/mol. The van der Waals surface area contributed by atoms with Crippen LogP contribution in [0.25, 0.3) is 21.3 Å². The lowest BCUT2D eigenvalue weighted by molar-refractivity contribution is 0.0201. The van der Waals surface area contributed by atoms with Gasteiger partial charge in [-0.2, -0.15) is 9.78 Å². The van der Waals surface area contributed by atoms with E-state index in [9.17, 15) is 9.59 Å². The molecule has 2 heterocycles. The zero-order valence-corrected chi connectivity index (χ0v) is 20.9. The number of carbonyl (C=O) groups is 1. The Morgan fingerprint density at radius 3 is 2.54 bits per heavy atom. The van der Waals surface area contributed by atoms with E-state index in [2.05, 4.69) is 10.1 Å². The number of aryl methyl sites for hydroxylation is 1. The molecule has 35 heavy (non-hydrogen) atoms. The SMILES string of the molecule is COc1cc(/C=N\n2cnc3scc(-c4ccc(C)cc4)c3c2=O)ccc1OC(=O)OC(C)(C)C. The van der Waals surface area contributed by atoms with Crippen molar-refractivity contribution in [3.05, 3.63) is 75.7 Å². The fraction of sp³-hybridized carbons (Fsp3) is 0.231. The number of methoxy groups -OCH3 is 1. The number of ether oxygens (including phenoxy) is 3. The van der Waals surface area contributed by atoms with Gasteiger partial charge in [0, 0.05) is 10.9 Å². The van der Waals surface area contributed by atoms with E-state index in [1.807, 2.05) is 36.6 Å². The number of benzene rings is 2. The molecule has 9 heteroatoms. The summed E-state index contributed by atoms with van der Waals surface area (Å²) in [5.41, 5.74) is 2.62. The Kier molecular flexibility index (Phi) is 6.70. The standard InChI is InChI=1S/C26H25N3O5S/c1-16-6-9-18(10-7-16)19-14-35-23-22(19)24(30)29(15-27-23)28-13-17-8-11-20(21(12-17)32-5)33-25(31)34-26(2,3)4/h6-15H,1-5H3/b28-13-. The third-order valence-corrected chi connectivity index (χ3v) is 5.83. The van der Waals surface area contributed by atoms with Gasteiger partial charge in [0.1, 0.15) is 16.8 Å². The number of thiophene rings is 1. The molecule has 8 nitrogen and oxygen atoms in total. The summed E-state index contributed by atoms with van der Waals surface area (Å²) in [6.45, 7) is 7.26. The molecule has 0 aliphatic rings. The maximum atomic E-state index is 13.2. The first kappa shape index (κ1) is 24.2. The van der Waals surface area contributed by atoms with E-state index < -0.39 is 11.8 Å². The van der Waals surface area contributed by atoms with Crippen molar-refractivity contribution in [1.82, 2.24) is 9.66 Å². The van der Waals surface area contributed by atoms with Crippen molar-refractivity contribution in [2.75, 3.05) is 7.11 Å². The summed E-state index contributed by atoms with van der Waals surface area (Å²) in [5.74, 6) is 0.528. The van der Waals surface area contributed by atoms with Gasteiger partial charge in [0.2, 0.25) is 0 Å². The summed E-state index contributed by atoms with van der Waals surface area (Å²) in [6, 6.07) is 12.9. The highest BCUT2D eigenvalue weighted by atomic mass is 32.1. The molecule has 2 aromatic heterocycles. The predicted octanol–water partition coefficient (Wildman–Crippen LogP) is 5.64. The van der Waals surface area contributed by atoms with Gasteiger partial charge in [0.05, 0.1) is 18.7 Å². The smallest absolute Gasteiger partial charge is 0.493 e. The Labute approximate surface area is 206 Å². The van der Waals surface area contributed by atoms with E-state index in [4.69, 9.17) is 14.2 Å². The predicted molar refractivity (Wildman–Crippen MR) is 137 cm³/mol. The Morgan fingerprint density at radius 2 is 1.86 bits per heavy atom. The second kappa shape index (κ2) is 9.71. The van der Waals surface area contributed by atoms with Crippen LogP contribution in [-0.2, 0) is 4.74 Å². The van der Waals surface area contributed by atoms with Crippen molar-refractivity contribution in [3.8, 4) is 22.6 Å². The number of hydrogen-bond acceptors (Lipinski definition) is 8. The number of rotatable bonds is 5. The highest BCUT2D eigenvalue weighted by Gasteiger charge is 2.19. The van der Waals surface area contributed by atoms with E-state index >= 15 is 0 Å². The van der Waals surface area contributed by atoms with Gasteiger partial charge in [0.15, 0.2) is 11.5 Å². The molecular weight excluding hydrogens is 466 g/mol. The minimum atomic E-state index is -0.830. The molecule has 0 saturated heterocycles. The number of carbonyl (C=O) groups excluding carboxylic acids is 1. The Bertz CT molecular complexity index is 1460. The Morgan fingerprint density at radius 1 is 1.11 bits per heavy atom. The molecule has 0 saturated carbocycles. The number of nitrogens with zero attached hydrogens (tertiary/aromatic N) is 3. The van der Waals surface area contributed by atoms with Crippen molar-refractivity contribution in [2.24, 2.45) is 5.10 Å². The molecule has 0 N–H and O–H groups in total. The zero-order valence-electron chi connectivity index (χ0n) is 20.1. The highest BCUT2D eigenvalue weighted by Crippen LogP contribution is 2.31. The molecule has 180 valence electrons. The second-order valence-corrected chi connectivity index (χ2v) is 9.67. The number of hydrogen-bond donors (Lipinski definition) is 0. The zero-order chi connectivity index (χ0) is 25.2. The van der Waals surface area contributed by atoms with E-state index in [0.29, 0.717) is 21.5 Å². The van der Waals surface area contributed by atoms with E-state index in [0.717, 1.165) is 16.7 Å². The highest BCUT2D eigenvalue weighted by molar-refractivity contribution is 7.17. The minimum Gasteiger partial charge on any atom is -0.493 e. The fourth-order valence-electron chi connectivity index (χ4n) is 3.29. The molecule has 0 unspecified atom stereocenters. The molecule has 4 rings (SSSR count). The maximum absolute atomic E-state index is 13.2. The Hall–Kier alpha value is -3.98. The van der Waals surface area contributed by atoms with Crippen LogP contribution in [0.2, 0.25) is 0 Å². The van der Waals surface area contributed by atoms with Gasteiger partial charge in [-0.1, -0.05) is 29.8 Å². The van der Waals surface area contributed by atoms with Crippen molar-refractivity contribution < 1.29 is 19.0 Å². The third kappa shape index (κ3) is 5.58. The molecular formula is C26H25N3O5S. The van der Waals surface area contributed by atoms with Gasteiger partial charge in [-0.25, -0.2) is 9.78 Å². The van der Waals surface area contributed by atoms with Gasteiger partial charge in [-0.05, 0) is 57.0 Å². The molecule has 0 spiro atoms. The van der Waals surface area contributed by atoms with Crippen LogP contribution in [-0.4, -0.2) is 34.7 Å². The van der Waals surface area contributed by atoms with Crippen LogP contribution >= 0.6 is 11.3 Å². The lowest BCUT2D eigenvalue weighted by Crippen LogP contribution is -2.26. The van der Waals surface area contributed by atoms with Crippen LogP contribution in [0.5, 0.6) is 11.5 Å². The fourth-order valence-corrected chi connectivity index (χ4v) is 4.20. The van der Waals surface area contributed by atoms with E-state index in [1.54, 1.807) is 39.0 Å². The maximum Gasteiger partial charge on any atom is 0.514 e. The van der Waals surface area contributed by atoms with Crippen molar-refractivity contribution in [1.29, 1.82) is 0 Å². The number of aromatic nitrogens is 2. The van der Waals surface area contributed by atoms with Crippen LogP contribution < -0.4 is 15.0 Å². The van der Waals surface area contributed by atoms with Crippen LogP contribution in [0, 0.1) is 6.92 Å². The van der Waals surface area contributed by atoms with E-state index in [-0.39, 0.29) is 11.3 Å². The van der Waals surface area contributed by atoms with Crippen molar-refractivity contribution in [3.63, 3.8) is 0 Å². The third-order valence-electron chi connectivity index (χ3n) is 4.94. The molecule has 0 radical (unpaired) electrons. The van der Waals surface area contributed by atoms with Crippen LogP contribution in [0.4, 0.5) is 4.79 Å². The van der Waals surface area contributed by atoms with Gasteiger partial charge in [-0.15, -0.1) is 11.3 Å². The summed E-state index contributed by atoms with van der Waals surface area (Å²) < 4.78 is 17.0. The molecule has 2 aromatic carbocycles. The largest absolute Gasteiger partial charge is 0.514 e. The van der Waals surface area contributed by atoms with Gasteiger partial charge >= 0.3 is 6.16 Å². The molecule has 0 amide bonds. The topological polar surface area (TPSA) is 92.0 Å². The van der Waals surface area contributed by atoms with Crippen LogP contribution in [0.3, 0.4) is 0 Å². The second-order valence-electron chi connectivity index (χ2n) is 8.81. The first-order chi connectivity index (χ1) is 16.6. The Balaban J connectivity index is 1.61. The summed E-state index contributed by atoms with van der Waals surface area (Å²) in [4.78, 5) is 30.2. The molecule has 4 aromatic rings. The van der Waals surface area contributed by atoms with Gasteiger partial charge in [0.25, 0.3) is 5.56 Å². The van der Waals surface area contributed by atoms with Crippen LogP contribution in [0.15, 0.2) is 64.1 Å². The quantitative estimate of drug-likeness (QED) is 0.204. The first-order valence-electron chi connectivity index (χ1n) is 10.8. The lowest BCUT2D eigenvalue weighted by atomic mass is 10.1. The molecule has 0 aliphatic carbocycles. The first-order valence-corrected chi connectivity index (χ1v) is 11.7. The van der Waals surface area contributed by atoms with E-state index in [1.165, 1.54) is 35.7 Å². The average Bonchev–Trinajstić information content (AvgIpc) is 3.23. The van der Waals surface area contributed by atoms with Crippen molar-refractivity contribution in [2.45, 2.75) is 33.3 Å².